The lowest BCUT2D eigenvalue weighted by Crippen LogP contribution is -2.14. The fourth-order valence-corrected chi connectivity index (χ4v) is 12.3. The molecule has 0 aliphatic carbocycles. The van der Waals surface area contributed by atoms with Gasteiger partial charge < -0.3 is 61.9 Å². The smallest absolute Gasteiger partial charge is 0.177 e. The van der Waals surface area contributed by atoms with Crippen LogP contribution in [-0.4, -0.2) is 90.9 Å². The van der Waals surface area contributed by atoms with Crippen molar-refractivity contribution in [1.82, 2.24) is 29.5 Å². The van der Waals surface area contributed by atoms with Crippen molar-refractivity contribution >= 4 is 34.8 Å². The van der Waals surface area contributed by atoms with Gasteiger partial charge in [0.1, 0.15) is 40.3 Å². The maximum absolute atomic E-state index is 6.38. The topological polar surface area (TPSA) is 196 Å². The first kappa shape index (κ1) is 70.8. The Balaban J connectivity index is 0.000000141. The number of nitrogens with two attached hydrogens (primary N) is 1. The molecule has 522 valence electrons. The van der Waals surface area contributed by atoms with Gasteiger partial charge in [-0.15, -0.1) is 0 Å². The second kappa shape index (κ2) is 33.9. The summed E-state index contributed by atoms with van der Waals surface area (Å²) in [4.78, 5) is 21.9. The maximum Gasteiger partial charge on any atom is 0.177 e. The van der Waals surface area contributed by atoms with E-state index >= 15 is 0 Å². The Morgan fingerprint density at radius 2 is 0.683 bits per heavy atom. The normalized spacial score (nSPS) is 11.0. The van der Waals surface area contributed by atoms with Gasteiger partial charge in [-0.1, -0.05) is 132 Å². The van der Waals surface area contributed by atoms with E-state index in [1.807, 2.05) is 243 Å². The van der Waals surface area contributed by atoms with E-state index in [4.69, 9.17) is 97.2 Å². The average Bonchev–Trinajstić information content (AvgIpc) is 1.62. The Labute approximate surface area is 617 Å². The highest BCUT2D eigenvalue weighted by Crippen LogP contribution is 2.42. The lowest BCUT2D eigenvalue weighted by atomic mass is 10.0. The zero-order chi connectivity index (χ0) is 71.7. The molecule has 6 aromatic heterocycles. The molecule has 6 heterocycles. The molecule has 0 aliphatic rings. The molecule has 0 saturated carbocycles. The monoisotopic (exact) mass is 1440 g/mol. The summed E-state index contributed by atoms with van der Waals surface area (Å²) < 4.78 is 53.6. The molecule has 104 heavy (non-hydrogen) atoms. The van der Waals surface area contributed by atoms with E-state index in [1.54, 1.807) is 28.4 Å². The number of H-pyrrole nitrogens is 2. The number of nitrogens with one attached hydrogen (secondary N) is 2. The summed E-state index contributed by atoms with van der Waals surface area (Å²) >= 11 is 18.5. The predicted octanol–water partition coefficient (Wildman–Crippen LogP) is 21.5. The number of rotatable bonds is 24. The van der Waals surface area contributed by atoms with Crippen molar-refractivity contribution in [2.75, 3.05) is 61.4 Å². The Morgan fingerprint density at radius 3 is 1.11 bits per heavy atom. The number of imidazole rings is 3. The third-order valence-corrected chi connectivity index (χ3v) is 17.6. The van der Waals surface area contributed by atoms with Crippen LogP contribution in [0.1, 0.15) is 0 Å². The van der Waals surface area contributed by atoms with Crippen LogP contribution in [0.25, 0.3) is 136 Å². The number of halogens is 3. The van der Waals surface area contributed by atoms with Crippen LogP contribution in [-0.2, 0) is 16.0 Å². The summed E-state index contributed by atoms with van der Waals surface area (Å²) in [6.07, 6.45) is 0. The van der Waals surface area contributed by atoms with Crippen LogP contribution in [0.2, 0.25) is 15.1 Å². The van der Waals surface area contributed by atoms with E-state index in [-0.39, 0.29) is 0 Å². The Morgan fingerprint density at radius 1 is 0.337 bits per heavy atom. The molecular formula is C85H72Cl3N7O9. The molecule has 0 unspecified atom stereocenters. The molecule has 0 fully saturated rings. The van der Waals surface area contributed by atoms with Gasteiger partial charge in [-0.3, -0.25) is 0 Å². The summed E-state index contributed by atoms with van der Waals surface area (Å²) in [5, 5.41) is 1.98. The molecule has 19 heteroatoms. The lowest BCUT2D eigenvalue weighted by Gasteiger charge is -2.14. The summed E-state index contributed by atoms with van der Waals surface area (Å²) in [5.41, 5.74) is 19.6. The van der Waals surface area contributed by atoms with Crippen molar-refractivity contribution < 1.29 is 41.7 Å². The largest absolute Gasteiger partial charge is 0.497 e. The zero-order valence-corrected chi connectivity index (χ0v) is 59.6. The van der Waals surface area contributed by atoms with E-state index in [1.165, 1.54) is 0 Å². The van der Waals surface area contributed by atoms with Crippen LogP contribution < -0.4 is 24.7 Å². The molecule has 16 nitrogen and oxygen atoms in total. The van der Waals surface area contributed by atoms with Gasteiger partial charge >= 0.3 is 0 Å². The molecule has 4 N–H and O–H groups in total. The van der Waals surface area contributed by atoms with Crippen LogP contribution in [0.4, 0.5) is 0 Å². The minimum atomic E-state index is 0.447. The standard InChI is InChI=1S/C33H34ClN3O5.C27H21ClN2O3.C25H17ClN2O/c1-38-27-10-6-23(7-11-27)31-32(24-8-12-28(39-2)13-9-24)37(17-19-41-21-20-40-18-16-35)33(36-31)30-15-14-29(42-30)25-4-3-5-26(34)22-25;1-31-21-10-6-17(7-11-21)25-26(18-8-12-22(32-2)13-9-18)30-27(29-25)24-15-14-23(33-24)19-4-3-5-20(28)16-19;26-20-13-7-12-19(16-20)21-14-15-22(29-21)25-27-23(17-8-3-1-4-9-17)24(28-25)18-10-5-2-6-11-18/h3-15,22H,16-21,35H2,1-2H3;3-16H,1-2H3,(H,29,30);1-16H,(H,27,28). The van der Waals surface area contributed by atoms with Crippen molar-refractivity contribution in [3.63, 3.8) is 0 Å². The van der Waals surface area contributed by atoms with Crippen molar-refractivity contribution in [1.29, 1.82) is 0 Å². The fourth-order valence-electron chi connectivity index (χ4n) is 11.7. The Hall–Kier alpha value is -11.6. The van der Waals surface area contributed by atoms with Gasteiger partial charge in [-0.05, 0) is 170 Å². The number of hydrogen-bond acceptors (Lipinski definition) is 13. The highest BCUT2D eigenvalue weighted by Gasteiger charge is 2.25. The van der Waals surface area contributed by atoms with Crippen molar-refractivity contribution in [2.24, 2.45) is 5.73 Å². The molecule has 0 radical (unpaired) electrons. The third-order valence-electron chi connectivity index (χ3n) is 16.9. The number of aromatic nitrogens is 6. The highest BCUT2D eigenvalue weighted by atomic mass is 35.5. The summed E-state index contributed by atoms with van der Waals surface area (Å²) in [7, 11) is 6.61. The average molecular weight is 1440 g/mol. The number of benzene rings is 9. The van der Waals surface area contributed by atoms with Crippen LogP contribution >= 0.6 is 34.8 Å². The molecule has 15 aromatic rings. The van der Waals surface area contributed by atoms with Crippen LogP contribution in [0.15, 0.2) is 280 Å². The molecule has 0 amide bonds. The number of ether oxygens (including phenoxy) is 6. The number of furan rings is 3. The van der Waals surface area contributed by atoms with Gasteiger partial charge in [0.05, 0.1) is 89.0 Å². The molecule has 0 aliphatic heterocycles. The van der Waals surface area contributed by atoms with Crippen LogP contribution in [0.5, 0.6) is 23.0 Å². The Kier molecular flexibility index (Phi) is 23.1. The van der Waals surface area contributed by atoms with Gasteiger partial charge in [0.2, 0.25) is 0 Å². The van der Waals surface area contributed by atoms with Gasteiger partial charge in [0, 0.05) is 78.2 Å². The van der Waals surface area contributed by atoms with Crippen molar-refractivity contribution in [3.05, 3.63) is 282 Å². The third kappa shape index (κ3) is 17.0. The van der Waals surface area contributed by atoms with Gasteiger partial charge in [-0.2, -0.15) is 0 Å². The molecule has 9 aromatic carbocycles. The van der Waals surface area contributed by atoms with E-state index in [2.05, 4.69) is 38.8 Å². The van der Waals surface area contributed by atoms with Gasteiger partial charge in [0.15, 0.2) is 34.8 Å². The lowest BCUT2D eigenvalue weighted by molar-refractivity contribution is 0.0479. The minimum absolute atomic E-state index is 0.447. The molecule has 0 saturated heterocycles. The number of methoxy groups -OCH3 is 4. The fraction of sp³-hybridized carbons (Fsp3) is 0.118. The van der Waals surface area contributed by atoms with E-state index in [0.29, 0.717) is 95.1 Å². The van der Waals surface area contributed by atoms with Crippen LogP contribution in [0, 0.1) is 0 Å². The minimum Gasteiger partial charge on any atom is -0.497 e. The summed E-state index contributed by atoms with van der Waals surface area (Å²) in [5.74, 6) is 9.26. The van der Waals surface area contributed by atoms with E-state index < -0.39 is 0 Å². The van der Waals surface area contributed by atoms with Gasteiger partial charge in [-0.25, -0.2) is 15.0 Å². The van der Waals surface area contributed by atoms with E-state index in [0.717, 1.165) is 119 Å². The first-order valence-electron chi connectivity index (χ1n) is 33.5. The Bertz CT molecular complexity index is 5140. The van der Waals surface area contributed by atoms with Crippen molar-refractivity contribution in [3.8, 4) is 159 Å². The summed E-state index contributed by atoms with van der Waals surface area (Å²) in [6, 6.07) is 86.2. The predicted molar refractivity (Wildman–Crippen MR) is 413 cm³/mol. The van der Waals surface area contributed by atoms with E-state index in [9.17, 15) is 0 Å². The molecular weight excluding hydrogens is 1370 g/mol. The van der Waals surface area contributed by atoms with Gasteiger partial charge in [0.25, 0.3) is 0 Å². The van der Waals surface area contributed by atoms with Crippen molar-refractivity contribution in [2.45, 2.75) is 6.54 Å². The number of hydrogen-bond donors (Lipinski definition) is 3. The molecule has 0 atom stereocenters. The summed E-state index contributed by atoms with van der Waals surface area (Å²) in [6.45, 7) is 2.92. The maximum atomic E-state index is 6.38. The second-order valence-corrected chi connectivity index (χ2v) is 24.9. The van der Waals surface area contributed by atoms with Crippen LogP contribution in [0.3, 0.4) is 0 Å². The number of aromatic amines is 2. The highest BCUT2D eigenvalue weighted by molar-refractivity contribution is 6.31. The molecule has 15 rings (SSSR count). The first-order chi connectivity index (χ1) is 51.0. The number of nitrogens with zero attached hydrogens (tertiary/aromatic N) is 4. The second-order valence-electron chi connectivity index (χ2n) is 23.6. The SMILES string of the molecule is COc1ccc(-c2nc(-c3ccc(-c4cccc(Cl)c4)o3)[nH]c2-c2ccc(OC)cc2)cc1.COc1ccc(-c2nc(-c3ccc(-c4cccc(Cl)c4)o3)n(CCOCCOCCN)c2-c2ccc(OC)cc2)cc1.Clc1cccc(-c2ccc(-c3nc(-c4ccccc4)c(-c4ccccc4)[nH]3)o2)c1. The zero-order valence-electron chi connectivity index (χ0n) is 57.3. The molecule has 0 bridgehead atoms. The molecule has 0 spiro atoms. The quantitative estimate of drug-likeness (QED) is 0.0484. The first-order valence-corrected chi connectivity index (χ1v) is 34.6.